The molecule has 34 heavy (non-hydrogen) atoms. The van der Waals surface area contributed by atoms with Crippen molar-refractivity contribution in [2.45, 2.75) is 18.3 Å². The predicted octanol–water partition coefficient (Wildman–Crippen LogP) is 2.35. The van der Waals surface area contributed by atoms with Gasteiger partial charge < -0.3 is 14.5 Å². The number of piperazine rings is 1. The van der Waals surface area contributed by atoms with Crippen LogP contribution in [0.4, 0.5) is 0 Å². The minimum atomic E-state index is -1.32. The molecule has 2 aliphatic heterocycles. The number of hydrogen-bond donors (Lipinski definition) is 0. The van der Waals surface area contributed by atoms with Gasteiger partial charge in [-0.3, -0.25) is 24.1 Å². The number of carbonyl (C=O) groups is 4. The number of likely N-dealkylation sites (tertiary alicyclic amines) is 1. The molecule has 1 atom stereocenters. The van der Waals surface area contributed by atoms with Crippen LogP contribution >= 0.6 is 11.6 Å². The quantitative estimate of drug-likeness (QED) is 0.609. The summed E-state index contributed by atoms with van der Waals surface area (Å²) in [6.45, 7) is 1.41. The Labute approximate surface area is 203 Å². The second-order valence-corrected chi connectivity index (χ2v) is 8.99. The minimum Gasteiger partial charge on any atom is -0.497 e. The molecule has 0 aliphatic carbocycles. The van der Waals surface area contributed by atoms with E-state index in [2.05, 4.69) is 0 Å². The number of rotatable bonds is 5. The Balaban J connectivity index is 1.48. The fraction of sp³-hybridized carbons (Fsp3) is 0.360. The Kier molecular flexibility index (Phi) is 6.61. The first-order valence-corrected chi connectivity index (χ1v) is 11.4. The summed E-state index contributed by atoms with van der Waals surface area (Å²) in [4.78, 5) is 56.2. The number of benzene rings is 2. The second-order valence-electron chi connectivity index (χ2n) is 8.58. The second kappa shape index (κ2) is 9.46. The van der Waals surface area contributed by atoms with E-state index in [1.807, 2.05) is 0 Å². The van der Waals surface area contributed by atoms with Crippen molar-refractivity contribution in [1.29, 1.82) is 0 Å². The molecule has 0 saturated carbocycles. The van der Waals surface area contributed by atoms with Crippen LogP contribution in [0.25, 0.3) is 0 Å². The topological polar surface area (TPSA) is 87.2 Å². The molecule has 2 aliphatic rings. The van der Waals surface area contributed by atoms with Gasteiger partial charge in [0, 0.05) is 56.7 Å². The molecule has 0 unspecified atom stereocenters. The number of likely N-dealkylation sites (N-methyl/N-ethyl adjacent to an activating group) is 1. The largest absolute Gasteiger partial charge is 0.497 e. The zero-order chi connectivity index (χ0) is 24.5. The van der Waals surface area contributed by atoms with Gasteiger partial charge in [-0.15, -0.1) is 0 Å². The maximum Gasteiger partial charge on any atom is 0.254 e. The number of halogens is 1. The predicted molar refractivity (Wildman–Crippen MR) is 126 cm³/mol. The highest BCUT2D eigenvalue weighted by Crippen LogP contribution is 2.42. The van der Waals surface area contributed by atoms with Gasteiger partial charge in [0.2, 0.25) is 17.7 Å². The van der Waals surface area contributed by atoms with E-state index < -0.39 is 11.3 Å². The molecule has 8 nitrogen and oxygen atoms in total. The SMILES string of the molecule is COc1cccc(C(=O)N2CCN(C(=O)C[C@]3(c4ccccc4Cl)CC(=O)N(C)C3=O)CC2)c1. The van der Waals surface area contributed by atoms with Crippen molar-refractivity contribution in [2.24, 2.45) is 0 Å². The van der Waals surface area contributed by atoms with Crippen LogP contribution < -0.4 is 4.74 Å². The standard InChI is InChI=1S/C25H26ClN3O5/c1-27-21(30)15-25(24(27)33,19-8-3-4-9-20(19)26)16-22(31)28-10-12-29(13-11-28)23(32)17-6-5-7-18(14-17)34-2/h3-9,14H,10-13,15-16H2,1-2H3/t25-/m0/s1. The summed E-state index contributed by atoms with van der Waals surface area (Å²) in [5.74, 6) is -0.538. The summed E-state index contributed by atoms with van der Waals surface area (Å²) < 4.78 is 5.19. The van der Waals surface area contributed by atoms with Crippen molar-refractivity contribution >= 4 is 35.2 Å². The molecule has 0 bridgehead atoms. The summed E-state index contributed by atoms with van der Waals surface area (Å²) >= 11 is 6.40. The van der Waals surface area contributed by atoms with E-state index in [-0.39, 0.29) is 30.6 Å². The summed E-state index contributed by atoms with van der Waals surface area (Å²) in [7, 11) is 2.97. The highest BCUT2D eigenvalue weighted by Gasteiger charge is 2.53. The highest BCUT2D eigenvalue weighted by molar-refractivity contribution is 6.32. The fourth-order valence-corrected chi connectivity index (χ4v) is 4.96. The number of ether oxygens (including phenoxy) is 1. The summed E-state index contributed by atoms with van der Waals surface area (Å²) in [5.41, 5.74) is -0.316. The van der Waals surface area contributed by atoms with Crippen LogP contribution in [0.3, 0.4) is 0 Å². The lowest BCUT2D eigenvalue weighted by molar-refractivity contribution is -0.142. The third kappa shape index (κ3) is 4.25. The Bertz CT molecular complexity index is 1140. The van der Waals surface area contributed by atoms with E-state index in [4.69, 9.17) is 16.3 Å². The van der Waals surface area contributed by atoms with Crippen LogP contribution in [0.2, 0.25) is 5.02 Å². The van der Waals surface area contributed by atoms with Crippen LogP contribution in [0.15, 0.2) is 48.5 Å². The van der Waals surface area contributed by atoms with Gasteiger partial charge in [0.15, 0.2) is 0 Å². The van der Waals surface area contributed by atoms with Gasteiger partial charge in [-0.2, -0.15) is 0 Å². The zero-order valence-electron chi connectivity index (χ0n) is 19.1. The van der Waals surface area contributed by atoms with Crippen LogP contribution in [-0.4, -0.2) is 78.7 Å². The van der Waals surface area contributed by atoms with Gasteiger partial charge in [-0.1, -0.05) is 35.9 Å². The van der Waals surface area contributed by atoms with Gasteiger partial charge in [0.1, 0.15) is 5.75 Å². The van der Waals surface area contributed by atoms with Gasteiger partial charge in [-0.05, 0) is 29.8 Å². The Morgan fingerprint density at radius 1 is 1.00 bits per heavy atom. The average Bonchev–Trinajstić information content (AvgIpc) is 3.07. The van der Waals surface area contributed by atoms with Gasteiger partial charge in [-0.25, -0.2) is 0 Å². The van der Waals surface area contributed by atoms with Crippen molar-refractivity contribution in [3.8, 4) is 5.75 Å². The zero-order valence-corrected chi connectivity index (χ0v) is 19.9. The van der Waals surface area contributed by atoms with Crippen molar-refractivity contribution in [1.82, 2.24) is 14.7 Å². The summed E-state index contributed by atoms with van der Waals surface area (Å²) in [5, 5.41) is 0.348. The lowest BCUT2D eigenvalue weighted by Gasteiger charge is -2.37. The molecular formula is C25H26ClN3O5. The number of nitrogens with zero attached hydrogens (tertiary/aromatic N) is 3. The van der Waals surface area contributed by atoms with Crippen LogP contribution in [0.5, 0.6) is 5.75 Å². The van der Waals surface area contributed by atoms with Crippen LogP contribution in [0, 0.1) is 0 Å². The first-order valence-electron chi connectivity index (χ1n) is 11.0. The molecule has 4 amide bonds. The van der Waals surface area contributed by atoms with Crippen molar-refractivity contribution in [3.05, 3.63) is 64.7 Å². The Hall–Kier alpha value is -3.39. The molecule has 0 spiro atoms. The lowest BCUT2D eigenvalue weighted by Crippen LogP contribution is -2.52. The van der Waals surface area contributed by atoms with Crippen molar-refractivity contribution in [3.63, 3.8) is 0 Å². The van der Waals surface area contributed by atoms with Crippen molar-refractivity contribution < 1.29 is 23.9 Å². The van der Waals surface area contributed by atoms with E-state index in [0.717, 1.165) is 4.90 Å². The number of imide groups is 1. The number of carbonyl (C=O) groups excluding carboxylic acids is 4. The van der Waals surface area contributed by atoms with E-state index in [1.165, 1.54) is 7.05 Å². The smallest absolute Gasteiger partial charge is 0.254 e. The molecule has 2 aromatic carbocycles. The van der Waals surface area contributed by atoms with E-state index >= 15 is 0 Å². The third-order valence-corrected chi connectivity index (χ3v) is 6.95. The van der Waals surface area contributed by atoms with E-state index in [1.54, 1.807) is 65.4 Å². The molecule has 2 heterocycles. The number of hydrogen-bond acceptors (Lipinski definition) is 5. The molecule has 9 heteroatoms. The molecule has 2 aromatic rings. The van der Waals surface area contributed by atoms with Gasteiger partial charge >= 0.3 is 0 Å². The normalized spacial score (nSPS) is 20.6. The molecule has 2 saturated heterocycles. The molecule has 178 valence electrons. The maximum absolute atomic E-state index is 13.3. The van der Waals surface area contributed by atoms with E-state index in [0.29, 0.717) is 48.1 Å². The fourth-order valence-electron chi connectivity index (χ4n) is 4.65. The average molecular weight is 484 g/mol. The summed E-state index contributed by atoms with van der Waals surface area (Å²) in [6, 6.07) is 13.8. The highest BCUT2D eigenvalue weighted by atomic mass is 35.5. The van der Waals surface area contributed by atoms with Gasteiger partial charge in [0.05, 0.1) is 12.5 Å². The maximum atomic E-state index is 13.3. The monoisotopic (exact) mass is 483 g/mol. The number of amides is 4. The van der Waals surface area contributed by atoms with Gasteiger partial charge in [0.25, 0.3) is 5.91 Å². The van der Waals surface area contributed by atoms with Crippen molar-refractivity contribution in [2.75, 3.05) is 40.3 Å². The lowest BCUT2D eigenvalue weighted by atomic mass is 9.75. The van der Waals surface area contributed by atoms with E-state index in [9.17, 15) is 19.2 Å². The third-order valence-electron chi connectivity index (χ3n) is 6.62. The first kappa shape index (κ1) is 23.8. The van der Waals surface area contributed by atoms with Crippen LogP contribution in [-0.2, 0) is 19.8 Å². The van der Waals surface area contributed by atoms with Crippen LogP contribution in [0.1, 0.15) is 28.8 Å². The molecule has 0 N–H and O–H groups in total. The summed E-state index contributed by atoms with van der Waals surface area (Å²) in [6.07, 6.45) is -0.262. The first-order chi connectivity index (χ1) is 16.3. The molecule has 0 radical (unpaired) electrons. The minimum absolute atomic E-state index is 0.105. The Morgan fingerprint density at radius 2 is 1.68 bits per heavy atom. The molecule has 0 aromatic heterocycles. The molecule has 2 fully saturated rings. The molecular weight excluding hydrogens is 458 g/mol. The Morgan fingerprint density at radius 3 is 2.29 bits per heavy atom. The molecule has 4 rings (SSSR count). The number of methoxy groups -OCH3 is 1.